The maximum Gasteiger partial charge on any atom is 1.00 e. The van der Waals surface area contributed by atoms with Crippen LogP contribution in [-0.4, -0.2) is 48.9 Å². The van der Waals surface area contributed by atoms with Gasteiger partial charge in [-0.25, -0.2) is 4.39 Å². The SMILES string of the molecule is Cc1cc(-c2ccc(C3CCN(C)CC3)cc2F)sc1C(=O)N1CCCC1.[CH3-].[Cs+]. The van der Waals surface area contributed by atoms with Crippen molar-refractivity contribution in [2.75, 3.05) is 33.2 Å². The van der Waals surface area contributed by atoms with Crippen molar-refractivity contribution in [2.45, 2.75) is 38.5 Å². The van der Waals surface area contributed by atoms with Crippen molar-refractivity contribution in [1.29, 1.82) is 0 Å². The molecule has 0 unspecified atom stereocenters. The molecule has 4 rings (SSSR count). The number of benzene rings is 1. The van der Waals surface area contributed by atoms with Gasteiger partial charge in [0.15, 0.2) is 0 Å². The minimum atomic E-state index is -0.173. The zero-order valence-corrected chi connectivity index (χ0v) is 25.2. The summed E-state index contributed by atoms with van der Waals surface area (Å²) in [5, 5.41) is 0. The fourth-order valence-electron chi connectivity index (χ4n) is 4.22. The van der Waals surface area contributed by atoms with Crippen LogP contribution in [0.2, 0.25) is 0 Å². The van der Waals surface area contributed by atoms with Crippen molar-refractivity contribution in [2.24, 2.45) is 0 Å². The summed E-state index contributed by atoms with van der Waals surface area (Å²) in [7, 11) is 2.14. The van der Waals surface area contributed by atoms with Crippen LogP contribution >= 0.6 is 11.3 Å². The molecule has 2 aromatic rings. The zero-order valence-electron chi connectivity index (χ0n) is 18.1. The first-order valence-corrected chi connectivity index (χ1v) is 10.7. The van der Waals surface area contributed by atoms with Crippen LogP contribution in [0.25, 0.3) is 10.4 Å². The Kier molecular flexibility index (Phi) is 9.95. The number of aryl methyl sites for hydroxylation is 1. The minimum Gasteiger partial charge on any atom is -0.358 e. The van der Waals surface area contributed by atoms with E-state index in [0.29, 0.717) is 11.5 Å². The molecule has 3 nitrogen and oxygen atoms in total. The van der Waals surface area contributed by atoms with Crippen LogP contribution < -0.4 is 68.9 Å². The number of amides is 1. The standard InChI is InChI=1S/C22H27FN2OS.CH3.Cs/c1-15-13-20(27-21(15)22(26)25-9-3-4-10-25)18-6-5-17(14-19(18)23)16-7-11-24(2)12-8-16;;/h5-6,13-14,16H,3-4,7-12H2,1-2H3;1H3;/q;-1;+1. The molecule has 0 saturated carbocycles. The first-order valence-electron chi connectivity index (χ1n) is 9.91. The van der Waals surface area contributed by atoms with Crippen molar-refractivity contribution < 1.29 is 78.1 Å². The molecule has 2 aliphatic heterocycles. The summed E-state index contributed by atoms with van der Waals surface area (Å²) in [5.41, 5.74) is 2.66. The molecule has 1 amide bonds. The molecule has 2 fully saturated rings. The maximum atomic E-state index is 14.9. The average molecular weight is 534 g/mol. The predicted octanol–water partition coefficient (Wildman–Crippen LogP) is 2.36. The Morgan fingerprint density at radius 3 is 2.38 bits per heavy atom. The second-order valence-corrected chi connectivity index (χ2v) is 8.99. The second kappa shape index (κ2) is 11.3. The van der Waals surface area contributed by atoms with E-state index in [1.165, 1.54) is 11.3 Å². The number of thiophene rings is 1. The number of hydrogen-bond donors (Lipinski definition) is 0. The molecule has 6 heteroatoms. The van der Waals surface area contributed by atoms with Crippen LogP contribution in [0.3, 0.4) is 0 Å². The number of carbonyl (C=O) groups excluding carboxylic acids is 1. The number of rotatable bonds is 3. The number of halogens is 1. The predicted molar refractivity (Wildman–Crippen MR) is 115 cm³/mol. The molecule has 3 heterocycles. The molecule has 0 bridgehead atoms. The van der Waals surface area contributed by atoms with Crippen molar-refractivity contribution in [3.8, 4) is 10.4 Å². The fraction of sp³-hybridized carbons (Fsp3) is 0.478. The zero-order chi connectivity index (χ0) is 19.0. The van der Waals surface area contributed by atoms with Crippen molar-refractivity contribution >= 4 is 17.2 Å². The first kappa shape index (κ1) is 25.6. The van der Waals surface area contributed by atoms with Crippen molar-refractivity contribution in [3.63, 3.8) is 0 Å². The summed E-state index contributed by atoms with van der Waals surface area (Å²) in [5.74, 6) is 0.375. The van der Waals surface area contributed by atoms with E-state index in [9.17, 15) is 9.18 Å². The quantitative estimate of drug-likeness (QED) is 0.565. The largest absolute Gasteiger partial charge is 1.00 e. The summed E-state index contributed by atoms with van der Waals surface area (Å²) < 4.78 is 14.9. The van der Waals surface area contributed by atoms with Gasteiger partial charge in [-0.1, -0.05) is 12.1 Å². The Morgan fingerprint density at radius 2 is 1.76 bits per heavy atom. The molecule has 152 valence electrons. The third kappa shape index (κ3) is 5.77. The van der Waals surface area contributed by atoms with Gasteiger partial charge in [-0.2, -0.15) is 0 Å². The number of carbonyl (C=O) groups is 1. The fourth-order valence-corrected chi connectivity index (χ4v) is 5.39. The van der Waals surface area contributed by atoms with Crippen LogP contribution in [-0.2, 0) is 0 Å². The van der Waals surface area contributed by atoms with E-state index in [1.807, 2.05) is 24.0 Å². The van der Waals surface area contributed by atoms with Gasteiger partial charge in [-0.3, -0.25) is 4.79 Å². The van der Waals surface area contributed by atoms with Gasteiger partial charge in [0.1, 0.15) is 5.82 Å². The van der Waals surface area contributed by atoms with E-state index in [1.54, 1.807) is 6.07 Å². The van der Waals surface area contributed by atoms with Gasteiger partial charge in [-0.15, -0.1) is 11.3 Å². The molecule has 0 N–H and O–H groups in total. The molecule has 0 aliphatic carbocycles. The molecule has 29 heavy (non-hydrogen) atoms. The Morgan fingerprint density at radius 1 is 1.10 bits per heavy atom. The van der Waals surface area contributed by atoms with E-state index < -0.39 is 0 Å². The summed E-state index contributed by atoms with van der Waals surface area (Å²) in [4.78, 5) is 18.6. The second-order valence-electron chi connectivity index (χ2n) is 7.94. The summed E-state index contributed by atoms with van der Waals surface area (Å²) in [6.45, 7) is 5.77. The molecule has 0 atom stereocenters. The molecule has 0 radical (unpaired) electrons. The Labute approximate surface area is 237 Å². The van der Waals surface area contributed by atoms with Gasteiger partial charge in [0.05, 0.1) is 4.88 Å². The van der Waals surface area contributed by atoms with Gasteiger partial charge in [-0.05, 0) is 81.9 Å². The molecule has 0 spiro atoms. The van der Waals surface area contributed by atoms with E-state index in [4.69, 9.17) is 0 Å². The number of piperidine rings is 1. The van der Waals surface area contributed by atoms with Crippen molar-refractivity contribution in [1.82, 2.24) is 9.80 Å². The minimum absolute atomic E-state index is 0. The van der Waals surface area contributed by atoms with Gasteiger partial charge >= 0.3 is 68.9 Å². The molecule has 2 aliphatic rings. The molecular formula is C23H30CsFN2OS. The van der Waals surface area contributed by atoms with Crippen LogP contribution in [0.4, 0.5) is 4.39 Å². The van der Waals surface area contributed by atoms with Gasteiger partial charge in [0.2, 0.25) is 0 Å². The molecular weight excluding hydrogens is 504 g/mol. The topological polar surface area (TPSA) is 23.6 Å². The monoisotopic (exact) mass is 534 g/mol. The normalized spacial score (nSPS) is 17.7. The van der Waals surface area contributed by atoms with Crippen LogP contribution in [0.15, 0.2) is 24.3 Å². The number of hydrogen-bond acceptors (Lipinski definition) is 3. The summed E-state index contributed by atoms with van der Waals surface area (Å²) in [6, 6.07) is 7.65. The third-order valence-corrected chi connectivity index (χ3v) is 7.21. The smallest absolute Gasteiger partial charge is 0.358 e. The van der Waals surface area contributed by atoms with Crippen molar-refractivity contribution in [3.05, 3.63) is 53.5 Å². The Hall–Kier alpha value is 0.332. The number of nitrogens with zero attached hydrogens (tertiary/aromatic N) is 2. The molecule has 1 aromatic carbocycles. The Balaban J connectivity index is 0.00000150. The van der Waals surface area contributed by atoms with E-state index in [-0.39, 0.29) is 88.0 Å². The van der Waals surface area contributed by atoms with Gasteiger partial charge < -0.3 is 17.2 Å². The average Bonchev–Trinajstić information content (AvgIpc) is 3.32. The van der Waals surface area contributed by atoms with Crippen LogP contribution in [0, 0.1) is 20.2 Å². The number of likely N-dealkylation sites (tertiary alicyclic amines) is 2. The van der Waals surface area contributed by atoms with Gasteiger partial charge in [0, 0.05) is 23.5 Å². The van der Waals surface area contributed by atoms with E-state index in [2.05, 4.69) is 18.0 Å². The van der Waals surface area contributed by atoms with E-state index >= 15 is 0 Å². The third-order valence-electron chi connectivity index (χ3n) is 5.95. The Bertz CT molecular complexity index is 839. The molecule has 2 saturated heterocycles. The maximum absolute atomic E-state index is 14.9. The first-order chi connectivity index (χ1) is 13.0. The summed E-state index contributed by atoms with van der Waals surface area (Å²) in [6.07, 6.45) is 4.33. The summed E-state index contributed by atoms with van der Waals surface area (Å²) >= 11 is 1.43. The van der Waals surface area contributed by atoms with E-state index in [0.717, 1.165) is 72.7 Å². The van der Waals surface area contributed by atoms with Gasteiger partial charge in [0.25, 0.3) is 5.91 Å². The molecule has 1 aromatic heterocycles. The van der Waals surface area contributed by atoms with Crippen LogP contribution in [0.1, 0.15) is 52.4 Å². The van der Waals surface area contributed by atoms with Crippen LogP contribution in [0.5, 0.6) is 0 Å².